The Hall–Kier alpha value is -1.27. The van der Waals surface area contributed by atoms with Crippen molar-refractivity contribution in [2.45, 2.75) is 23.8 Å². The van der Waals surface area contributed by atoms with E-state index < -0.39 is 10.0 Å². The largest absolute Gasteiger partial charge is 0.399 e. The van der Waals surface area contributed by atoms with Gasteiger partial charge in [0, 0.05) is 18.8 Å². The van der Waals surface area contributed by atoms with Crippen LogP contribution in [0.1, 0.15) is 12.8 Å². The number of anilines is 2. The van der Waals surface area contributed by atoms with E-state index in [0.717, 1.165) is 12.8 Å². The van der Waals surface area contributed by atoms with Crippen molar-refractivity contribution in [3.63, 3.8) is 0 Å². The summed E-state index contributed by atoms with van der Waals surface area (Å²) in [4.78, 5) is 2.25. The van der Waals surface area contributed by atoms with E-state index in [2.05, 4.69) is 4.72 Å². The minimum absolute atomic E-state index is 0.245. The Morgan fingerprint density at radius 3 is 2.59 bits per heavy atom. The first-order chi connectivity index (χ1) is 7.95. The third-order valence-electron chi connectivity index (χ3n) is 3.02. The summed E-state index contributed by atoms with van der Waals surface area (Å²) in [6.45, 7) is 0. The maximum absolute atomic E-state index is 11.9. The Balaban J connectivity index is 2.51. The number of nitrogens with zero attached hydrogens (tertiary/aromatic N) is 1. The number of nitrogens with one attached hydrogen (secondary N) is 1. The maximum atomic E-state index is 11.9. The van der Waals surface area contributed by atoms with Crippen molar-refractivity contribution in [1.29, 1.82) is 0 Å². The monoisotopic (exact) mass is 255 g/mol. The third-order valence-corrected chi connectivity index (χ3v) is 4.46. The summed E-state index contributed by atoms with van der Waals surface area (Å²) in [5.41, 5.74) is 6.82. The highest BCUT2D eigenvalue weighted by Crippen LogP contribution is 2.34. The van der Waals surface area contributed by atoms with Crippen LogP contribution in [0.15, 0.2) is 23.1 Å². The van der Waals surface area contributed by atoms with Gasteiger partial charge in [-0.2, -0.15) is 0 Å². The summed E-state index contributed by atoms with van der Waals surface area (Å²) < 4.78 is 26.2. The van der Waals surface area contributed by atoms with Gasteiger partial charge in [0.2, 0.25) is 10.0 Å². The highest BCUT2D eigenvalue weighted by Gasteiger charge is 2.30. The normalized spacial score (nSPS) is 15.9. The second kappa shape index (κ2) is 4.19. The van der Waals surface area contributed by atoms with Crippen molar-refractivity contribution in [3.8, 4) is 0 Å². The molecule has 1 saturated carbocycles. The topological polar surface area (TPSA) is 75.4 Å². The van der Waals surface area contributed by atoms with Gasteiger partial charge in [0.05, 0.1) is 5.69 Å². The third kappa shape index (κ3) is 2.37. The van der Waals surface area contributed by atoms with Crippen molar-refractivity contribution in [1.82, 2.24) is 4.72 Å². The highest BCUT2D eigenvalue weighted by molar-refractivity contribution is 7.89. The van der Waals surface area contributed by atoms with E-state index >= 15 is 0 Å². The fourth-order valence-electron chi connectivity index (χ4n) is 1.81. The van der Waals surface area contributed by atoms with E-state index in [-0.39, 0.29) is 4.90 Å². The zero-order chi connectivity index (χ0) is 12.6. The molecule has 0 spiro atoms. The van der Waals surface area contributed by atoms with Crippen LogP contribution in [0.4, 0.5) is 11.4 Å². The predicted molar refractivity (Wildman–Crippen MR) is 68.5 cm³/mol. The van der Waals surface area contributed by atoms with Crippen molar-refractivity contribution in [2.75, 3.05) is 24.7 Å². The second-order valence-electron chi connectivity index (χ2n) is 4.28. The molecule has 0 amide bonds. The Morgan fingerprint density at radius 2 is 2.06 bits per heavy atom. The average Bonchev–Trinajstić information content (AvgIpc) is 3.12. The van der Waals surface area contributed by atoms with Crippen molar-refractivity contribution >= 4 is 21.4 Å². The van der Waals surface area contributed by atoms with Crippen molar-refractivity contribution in [3.05, 3.63) is 18.2 Å². The molecule has 17 heavy (non-hydrogen) atoms. The molecule has 1 aliphatic carbocycles. The molecule has 3 N–H and O–H groups in total. The Labute approximate surface area is 102 Å². The van der Waals surface area contributed by atoms with Crippen LogP contribution in [-0.2, 0) is 10.0 Å². The first kappa shape index (κ1) is 12.2. The lowest BCUT2D eigenvalue weighted by Gasteiger charge is -2.22. The molecule has 1 aromatic carbocycles. The van der Waals surface area contributed by atoms with E-state index in [0.29, 0.717) is 17.4 Å². The van der Waals surface area contributed by atoms with Crippen LogP contribution in [0, 0.1) is 0 Å². The van der Waals surface area contributed by atoms with Gasteiger partial charge in [0.1, 0.15) is 4.90 Å². The molecule has 0 radical (unpaired) electrons. The molecule has 0 saturated heterocycles. The fraction of sp³-hybridized carbons (Fsp3) is 0.455. The SMILES string of the molecule is CNS(=O)(=O)c1cc(N)ccc1N(C)C1CC1. The van der Waals surface area contributed by atoms with Gasteiger partial charge in [-0.3, -0.25) is 0 Å². The van der Waals surface area contributed by atoms with Crippen LogP contribution < -0.4 is 15.4 Å². The van der Waals surface area contributed by atoms with Crippen LogP contribution in [-0.4, -0.2) is 28.6 Å². The van der Waals surface area contributed by atoms with E-state index in [4.69, 9.17) is 5.73 Å². The van der Waals surface area contributed by atoms with Crippen LogP contribution in [0.25, 0.3) is 0 Å². The summed E-state index contributed by atoms with van der Waals surface area (Å²) in [6.07, 6.45) is 2.22. The molecule has 0 bridgehead atoms. The van der Waals surface area contributed by atoms with Gasteiger partial charge < -0.3 is 10.6 Å². The van der Waals surface area contributed by atoms with Gasteiger partial charge in [0.15, 0.2) is 0 Å². The molecule has 94 valence electrons. The van der Waals surface area contributed by atoms with Gasteiger partial charge in [-0.05, 0) is 38.1 Å². The lowest BCUT2D eigenvalue weighted by molar-refractivity contribution is 0.588. The standard InChI is InChI=1S/C11H17N3O2S/c1-13-17(15,16)11-7-8(12)3-6-10(11)14(2)9-4-5-9/h3,6-7,9,13H,4-5,12H2,1-2H3. The van der Waals surface area contributed by atoms with Gasteiger partial charge in [-0.1, -0.05) is 0 Å². The number of sulfonamides is 1. The Bertz CT molecular complexity index is 524. The number of benzene rings is 1. The average molecular weight is 255 g/mol. The molecular formula is C11H17N3O2S. The Kier molecular flexibility index (Phi) is 3.01. The Morgan fingerprint density at radius 1 is 1.41 bits per heavy atom. The van der Waals surface area contributed by atoms with E-state index in [1.807, 2.05) is 11.9 Å². The van der Waals surface area contributed by atoms with Crippen LogP contribution in [0.5, 0.6) is 0 Å². The molecule has 5 nitrogen and oxygen atoms in total. The number of nitrogen functional groups attached to an aromatic ring is 1. The second-order valence-corrected chi connectivity index (χ2v) is 6.13. The molecule has 6 heteroatoms. The quantitative estimate of drug-likeness (QED) is 0.779. The van der Waals surface area contributed by atoms with Gasteiger partial charge in [-0.15, -0.1) is 0 Å². The number of nitrogens with two attached hydrogens (primary N) is 1. The van der Waals surface area contributed by atoms with Gasteiger partial charge in [-0.25, -0.2) is 13.1 Å². The molecule has 2 rings (SSSR count). The van der Waals surface area contributed by atoms with Crippen LogP contribution >= 0.6 is 0 Å². The highest BCUT2D eigenvalue weighted by atomic mass is 32.2. The fourth-order valence-corrected chi connectivity index (χ4v) is 2.80. The smallest absolute Gasteiger partial charge is 0.242 e. The zero-order valence-corrected chi connectivity index (χ0v) is 10.8. The summed E-state index contributed by atoms with van der Waals surface area (Å²) >= 11 is 0. The molecule has 0 heterocycles. The first-order valence-electron chi connectivity index (χ1n) is 5.51. The van der Waals surface area contributed by atoms with E-state index in [1.165, 1.54) is 13.1 Å². The zero-order valence-electron chi connectivity index (χ0n) is 9.97. The minimum Gasteiger partial charge on any atom is -0.399 e. The number of hydrogen-bond donors (Lipinski definition) is 2. The summed E-state index contributed by atoms with van der Waals surface area (Å²) in [6, 6.07) is 5.44. The van der Waals surface area contributed by atoms with Crippen molar-refractivity contribution in [2.24, 2.45) is 0 Å². The number of rotatable bonds is 4. The molecular weight excluding hydrogens is 238 g/mol. The van der Waals surface area contributed by atoms with E-state index in [1.54, 1.807) is 12.1 Å². The van der Waals surface area contributed by atoms with E-state index in [9.17, 15) is 8.42 Å². The van der Waals surface area contributed by atoms with Crippen LogP contribution in [0.2, 0.25) is 0 Å². The summed E-state index contributed by atoms with van der Waals surface area (Å²) in [5, 5.41) is 0. The molecule has 1 fully saturated rings. The molecule has 0 aliphatic heterocycles. The molecule has 0 unspecified atom stereocenters. The summed E-state index contributed by atoms with van der Waals surface area (Å²) in [5.74, 6) is 0. The van der Waals surface area contributed by atoms with Crippen molar-refractivity contribution < 1.29 is 8.42 Å². The maximum Gasteiger partial charge on any atom is 0.242 e. The number of hydrogen-bond acceptors (Lipinski definition) is 4. The molecule has 0 aromatic heterocycles. The predicted octanol–water partition coefficient (Wildman–Crippen LogP) is 0.775. The lowest BCUT2D eigenvalue weighted by atomic mass is 10.2. The lowest BCUT2D eigenvalue weighted by Crippen LogP contribution is -2.25. The summed E-state index contributed by atoms with van der Waals surface area (Å²) in [7, 11) is -0.157. The minimum atomic E-state index is -3.47. The first-order valence-corrected chi connectivity index (χ1v) is 7.00. The molecule has 1 aromatic rings. The molecule has 0 atom stereocenters. The van der Waals surface area contributed by atoms with Gasteiger partial charge in [0.25, 0.3) is 0 Å². The van der Waals surface area contributed by atoms with Crippen LogP contribution in [0.3, 0.4) is 0 Å². The van der Waals surface area contributed by atoms with Gasteiger partial charge >= 0.3 is 0 Å². The molecule has 1 aliphatic rings.